The highest BCUT2D eigenvalue weighted by atomic mass is 16.1. The van der Waals surface area contributed by atoms with E-state index in [1.807, 2.05) is 6.07 Å². The van der Waals surface area contributed by atoms with Gasteiger partial charge in [0.15, 0.2) is 0 Å². The molecule has 25 heavy (non-hydrogen) atoms. The summed E-state index contributed by atoms with van der Waals surface area (Å²) in [4.78, 5) is 23.8. The molecule has 2 aliphatic heterocycles. The van der Waals surface area contributed by atoms with Crippen molar-refractivity contribution in [3.05, 3.63) is 23.9 Å². The van der Waals surface area contributed by atoms with Crippen molar-refractivity contribution in [3.8, 4) is 0 Å². The van der Waals surface area contributed by atoms with Crippen LogP contribution in [0.2, 0.25) is 0 Å². The number of amides is 1. The van der Waals surface area contributed by atoms with E-state index in [1.54, 1.807) is 12.3 Å². The molecule has 1 amide bonds. The van der Waals surface area contributed by atoms with Crippen molar-refractivity contribution in [2.45, 2.75) is 6.42 Å². The van der Waals surface area contributed by atoms with Crippen LogP contribution in [0.1, 0.15) is 16.8 Å². The van der Waals surface area contributed by atoms with Crippen LogP contribution in [-0.2, 0) is 0 Å². The normalized spacial score (nSPS) is 19.8. The standard InChI is InChI=1S/C18H30N6O/c1-22-11-13-24(14-12-22)17-15-16(3-5-20-17)18(25)21-4-2-8-23-9-6-19-7-10-23/h3,5,15,19H,2,4,6-14H2,1H3,(H,21,25). The molecule has 7 heteroatoms. The zero-order valence-corrected chi connectivity index (χ0v) is 15.2. The SMILES string of the molecule is CN1CCN(c2cc(C(=O)NCCCN3CCNCC3)ccn2)CC1. The van der Waals surface area contributed by atoms with Gasteiger partial charge in [0.25, 0.3) is 5.91 Å². The molecule has 1 aromatic heterocycles. The van der Waals surface area contributed by atoms with Crippen LogP contribution in [0.15, 0.2) is 18.3 Å². The van der Waals surface area contributed by atoms with Gasteiger partial charge in [-0.2, -0.15) is 0 Å². The fourth-order valence-electron chi connectivity index (χ4n) is 3.31. The topological polar surface area (TPSA) is 63.7 Å². The molecule has 0 unspecified atom stereocenters. The number of pyridine rings is 1. The molecule has 2 fully saturated rings. The van der Waals surface area contributed by atoms with Crippen LogP contribution < -0.4 is 15.5 Å². The second-order valence-electron chi connectivity index (χ2n) is 6.89. The molecule has 2 saturated heterocycles. The van der Waals surface area contributed by atoms with Gasteiger partial charge in [0.05, 0.1) is 0 Å². The van der Waals surface area contributed by atoms with Gasteiger partial charge in [0, 0.05) is 70.7 Å². The van der Waals surface area contributed by atoms with E-state index in [4.69, 9.17) is 0 Å². The van der Waals surface area contributed by atoms with Crippen LogP contribution in [0.5, 0.6) is 0 Å². The molecule has 2 aliphatic rings. The largest absolute Gasteiger partial charge is 0.354 e. The molecular formula is C18H30N6O. The molecule has 138 valence electrons. The second-order valence-corrected chi connectivity index (χ2v) is 6.89. The Bertz CT molecular complexity index is 552. The van der Waals surface area contributed by atoms with Crippen molar-refractivity contribution in [2.75, 3.05) is 77.4 Å². The van der Waals surface area contributed by atoms with E-state index in [0.29, 0.717) is 5.56 Å². The van der Waals surface area contributed by atoms with Crippen LogP contribution in [0, 0.1) is 0 Å². The lowest BCUT2D eigenvalue weighted by Crippen LogP contribution is -2.45. The first-order chi connectivity index (χ1) is 12.2. The summed E-state index contributed by atoms with van der Waals surface area (Å²) >= 11 is 0. The average molecular weight is 346 g/mol. The van der Waals surface area contributed by atoms with Crippen LogP contribution in [0.3, 0.4) is 0 Å². The lowest BCUT2D eigenvalue weighted by atomic mass is 10.2. The molecule has 0 aliphatic carbocycles. The minimum absolute atomic E-state index is 0.00177. The van der Waals surface area contributed by atoms with Gasteiger partial charge in [-0.25, -0.2) is 4.98 Å². The number of likely N-dealkylation sites (N-methyl/N-ethyl adjacent to an activating group) is 1. The van der Waals surface area contributed by atoms with E-state index in [2.05, 4.69) is 37.4 Å². The molecule has 3 heterocycles. The molecular weight excluding hydrogens is 316 g/mol. The Morgan fingerprint density at radius 2 is 1.96 bits per heavy atom. The lowest BCUT2D eigenvalue weighted by Gasteiger charge is -2.33. The molecule has 0 saturated carbocycles. The number of hydrogen-bond donors (Lipinski definition) is 2. The summed E-state index contributed by atoms with van der Waals surface area (Å²) in [6.45, 7) is 10.1. The quantitative estimate of drug-likeness (QED) is 0.699. The predicted molar refractivity (Wildman–Crippen MR) is 100 cm³/mol. The molecule has 0 radical (unpaired) electrons. The summed E-state index contributed by atoms with van der Waals surface area (Å²) in [5.74, 6) is 0.902. The Hall–Kier alpha value is -1.70. The number of hydrogen-bond acceptors (Lipinski definition) is 6. The molecule has 0 atom stereocenters. The average Bonchev–Trinajstić information content (AvgIpc) is 2.66. The first kappa shape index (κ1) is 18.1. The second kappa shape index (κ2) is 9.12. The van der Waals surface area contributed by atoms with E-state index in [0.717, 1.165) is 77.7 Å². The maximum absolute atomic E-state index is 12.4. The van der Waals surface area contributed by atoms with Gasteiger partial charge in [-0.1, -0.05) is 0 Å². The number of rotatable bonds is 6. The Kier molecular flexibility index (Phi) is 6.61. The van der Waals surface area contributed by atoms with Crippen molar-refractivity contribution in [2.24, 2.45) is 0 Å². The van der Waals surface area contributed by atoms with Crippen LogP contribution >= 0.6 is 0 Å². The van der Waals surface area contributed by atoms with E-state index >= 15 is 0 Å². The summed E-state index contributed by atoms with van der Waals surface area (Å²) in [5, 5.41) is 6.40. The minimum Gasteiger partial charge on any atom is -0.354 e. The van der Waals surface area contributed by atoms with Gasteiger partial charge < -0.3 is 25.3 Å². The van der Waals surface area contributed by atoms with Gasteiger partial charge >= 0.3 is 0 Å². The molecule has 0 aromatic carbocycles. The smallest absolute Gasteiger partial charge is 0.251 e. The molecule has 2 N–H and O–H groups in total. The predicted octanol–water partition coefficient (Wildman–Crippen LogP) is -0.141. The Morgan fingerprint density at radius 3 is 2.72 bits per heavy atom. The van der Waals surface area contributed by atoms with Crippen LogP contribution in [-0.4, -0.2) is 93.2 Å². The van der Waals surface area contributed by atoms with E-state index in [1.165, 1.54) is 0 Å². The number of nitrogens with zero attached hydrogens (tertiary/aromatic N) is 4. The minimum atomic E-state index is -0.00177. The van der Waals surface area contributed by atoms with E-state index < -0.39 is 0 Å². The summed E-state index contributed by atoms with van der Waals surface area (Å²) in [6.07, 6.45) is 2.73. The fourth-order valence-corrected chi connectivity index (χ4v) is 3.31. The highest BCUT2D eigenvalue weighted by Gasteiger charge is 2.16. The van der Waals surface area contributed by atoms with Crippen molar-refractivity contribution in [1.29, 1.82) is 0 Å². The third-order valence-corrected chi connectivity index (χ3v) is 4.98. The fraction of sp³-hybridized carbons (Fsp3) is 0.667. The molecule has 0 spiro atoms. The Morgan fingerprint density at radius 1 is 1.20 bits per heavy atom. The van der Waals surface area contributed by atoms with Crippen molar-refractivity contribution >= 4 is 11.7 Å². The Balaban J connectivity index is 1.44. The van der Waals surface area contributed by atoms with Crippen molar-refractivity contribution < 1.29 is 4.79 Å². The third kappa shape index (κ3) is 5.39. The number of anilines is 1. The first-order valence-corrected chi connectivity index (χ1v) is 9.33. The zero-order valence-electron chi connectivity index (χ0n) is 15.2. The highest BCUT2D eigenvalue weighted by molar-refractivity contribution is 5.94. The summed E-state index contributed by atoms with van der Waals surface area (Å²) in [7, 11) is 2.13. The van der Waals surface area contributed by atoms with Gasteiger partial charge in [0.2, 0.25) is 0 Å². The highest BCUT2D eigenvalue weighted by Crippen LogP contribution is 2.14. The number of aromatic nitrogens is 1. The summed E-state index contributed by atoms with van der Waals surface area (Å²) < 4.78 is 0. The molecule has 3 rings (SSSR count). The van der Waals surface area contributed by atoms with Gasteiger partial charge in [0.1, 0.15) is 5.82 Å². The number of nitrogens with one attached hydrogen (secondary N) is 2. The maximum Gasteiger partial charge on any atom is 0.251 e. The Labute approximate surface area is 150 Å². The third-order valence-electron chi connectivity index (χ3n) is 4.98. The van der Waals surface area contributed by atoms with E-state index in [-0.39, 0.29) is 5.91 Å². The molecule has 0 bridgehead atoms. The number of piperazine rings is 2. The zero-order chi connectivity index (χ0) is 17.5. The van der Waals surface area contributed by atoms with Crippen LogP contribution in [0.25, 0.3) is 0 Å². The summed E-state index contributed by atoms with van der Waals surface area (Å²) in [5.41, 5.74) is 0.700. The van der Waals surface area contributed by atoms with Crippen LogP contribution in [0.4, 0.5) is 5.82 Å². The number of carbonyl (C=O) groups excluding carboxylic acids is 1. The lowest BCUT2D eigenvalue weighted by molar-refractivity contribution is 0.0951. The van der Waals surface area contributed by atoms with E-state index in [9.17, 15) is 4.79 Å². The number of carbonyl (C=O) groups is 1. The molecule has 1 aromatic rings. The first-order valence-electron chi connectivity index (χ1n) is 9.33. The maximum atomic E-state index is 12.4. The molecule has 7 nitrogen and oxygen atoms in total. The van der Waals surface area contributed by atoms with Crippen molar-refractivity contribution in [1.82, 2.24) is 25.4 Å². The summed E-state index contributed by atoms with van der Waals surface area (Å²) in [6, 6.07) is 3.71. The van der Waals surface area contributed by atoms with Crippen molar-refractivity contribution in [3.63, 3.8) is 0 Å². The van der Waals surface area contributed by atoms with Gasteiger partial charge in [-0.05, 0) is 32.1 Å². The van der Waals surface area contributed by atoms with Gasteiger partial charge in [-0.3, -0.25) is 4.79 Å². The monoisotopic (exact) mass is 346 g/mol. The van der Waals surface area contributed by atoms with Gasteiger partial charge in [-0.15, -0.1) is 0 Å².